The van der Waals surface area contributed by atoms with Gasteiger partial charge in [-0.25, -0.2) is 4.39 Å². The molecule has 4 rings (SSSR count). The third-order valence-corrected chi connectivity index (χ3v) is 6.70. The molecule has 3 aromatic carbocycles. The lowest BCUT2D eigenvalue weighted by molar-refractivity contribution is 0.288. The summed E-state index contributed by atoms with van der Waals surface area (Å²) in [5.41, 5.74) is 6.80. The molecule has 33 heavy (non-hydrogen) atoms. The third kappa shape index (κ3) is 6.37. The first-order valence-electron chi connectivity index (χ1n) is 12.0. The van der Waals surface area contributed by atoms with Crippen molar-refractivity contribution in [2.75, 3.05) is 0 Å². The molecule has 0 heterocycles. The maximum absolute atomic E-state index is 14.5. The van der Waals surface area contributed by atoms with E-state index in [9.17, 15) is 4.39 Å². The molecule has 0 spiro atoms. The van der Waals surface area contributed by atoms with Gasteiger partial charge in [0.2, 0.25) is 0 Å². The van der Waals surface area contributed by atoms with Gasteiger partial charge in [-0.15, -0.1) is 0 Å². The number of benzene rings is 3. The van der Waals surface area contributed by atoms with Gasteiger partial charge in [0.15, 0.2) is 0 Å². The van der Waals surface area contributed by atoms with Crippen LogP contribution >= 0.6 is 0 Å². The minimum Gasteiger partial charge on any atom is -0.206 e. The van der Waals surface area contributed by atoms with Gasteiger partial charge >= 0.3 is 0 Å². The Kier molecular flexibility index (Phi) is 7.32. The molecule has 0 amide bonds. The monoisotopic (exact) mass is 434 g/mol. The van der Waals surface area contributed by atoms with Gasteiger partial charge in [-0.2, -0.15) is 0 Å². The number of rotatable bonds is 2. The summed E-state index contributed by atoms with van der Waals surface area (Å²) in [7, 11) is 0. The standard InChI is InChI=1S/C32H31F/c1-23-4-8-26(9-5-23)14-17-30-18-15-29(22-32(30)33)13-12-27-16-19-31(25(3)20-27)21-28-10-6-24(2)7-11-28/h4-5,8-9,15-16,18-20,22,24,28H,6-7,10-11,21H2,1-3H3. The SMILES string of the molecule is Cc1ccc(C#Cc2ccc(C#Cc3ccc(CC4CCC(C)CC4)c(C)c3)cc2F)cc1. The predicted octanol–water partition coefficient (Wildman–Crippen LogP) is 7.61. The van der Waals surface area contributed by atoms with E-state index in [4.69, 9.17) is 0 Å². The first-order chi connectivity index (χ1) is 16.0. The molecular weight excluding hydrogens is 403 g/mol. The van der Waals surface area contributed by atoms with Crippen LogP contribution in [0, 0.1) is 55.2 Å². The van der Waals surface area contributed by atoms with E-state index < -0.39 is 0 Å². The molecular formula is C32H31F. The quantitative estimate of drug-likeness (QED) is 0.364. The summed E-state index contributed by atoms with van der Waals surface area (Å²) in [6, 6.07) is 19.4. The Morgan fingerprint density at radius 1 is 0.727 bits per heavy atom. The highest BCUT2D eigenvalue weighted by molar-refractivity contribution is 5.49. The molecule has 1 saturated carbocycles. The average molecular weight is 435 g/mol. The van der Waals surface area contributed by atoms with Gasteiger partial charge in [0.25, 0.3) is 0 Å². The van der Waals surface area contributed by atoms with Crippen LogP contribution < -0.4 is 0 Å². The Bertz CT molecular complexity index is 1230. The van der Waals surface area contributed by atoms with E-state index in [0.717, 1.165) is 23.0 Å². The van der Waals surface area contributed by atoms with Gasteiger partial charge in [-0.1, -0.05) is 67.2 Å². The summed E-state index contributed by atoms with van der Waals surface area (Å²) < 4.78 is 14.5. The molecule has 0 aliphatic heterocycles. The van der Waals surface area contributed by atoms with Gasteiger partial charge < -0.3 is 0 Å². The van der Waals surface area contributed by atoms with E-state index in [2.05, 4.69) is 55.7 Å². The predicted molar refractivity (Wildman–Crippen MR) is 136 cm³/mol. The maximum atomic E-state index is 14.5. The van der Waals surface area contributed by atoms with Crippen LogP contribution in [-0.2, 0) is 6.42 Å². The third-order valence-electron chi connectivity index (χ3n) is 6.70. The van der Waals surface area contributed by atoms with Crippen LogP contribution in [0.25, 0.3) is 0 Å². The minimum atomic E-state index is -0.338. The van der Waals surface area contributed by atoms with Crippen molar-refractivity contribution in [3.05, 3.63) is 105 Å². The highest BCUT2D eigenvalue weighted by Crippen LogP contribution is 2.31. The van der Waals surface area contributed by atoms with E-state index in [1.807, 2.05) is 37.3 Å². The lowest BCUT2D eigenvalue weighted by Crippen LogP contribution is -2.14. The molecule has 3 aromatic rings. The number of halogens is 1. The second-order valence-corrected chi connectivity index (χ2v) is 9.53. The molecule has 166 valence electrons. The first kappa shape index (κ1) is 22.9. The average Bonchev–Trinajstić information content (AvgIpc) is 2.81. The van der Waals surface area contributed by atoms with Crippen molar-refractivity contribution in [2.45, 2.75) is 52.9 Å². The van der Waals surface area contributed by atoms with Crippen molar-refractivity contribution in [2.24, 2.45) is 11.8 Å². The van der Waals surface area contributed by atoms with Crippen molar-refractivity contribution in [1.29, 1.82) is 0 Å². The van der Waals surface area contributed by atoms with Crippen molar-refractivity contribution in [3.63, 3.8) is 0 Å². The van der Waals surface area contributed by atoms with E-state index in [-0.39, 0.29) is 5.82 Å². The Balaban J connectivity index is 1.43. The fourth-order valence-corrected chi connectivity index (χ4v) is 4.46. The van der Waals surface area contributed by atoms with Crippen LogP contribution in [-0.4, -0.2) is 0 Å². The highest BCUT2D eigenvalue weighted by Gasteiger charge is 2.19. The topological polar surface area (TPSA) is 0 Å². The van der Waals surface area contributed by atoms with Gasteiger partial charge in [-0.05, 0) is 98.5 Å². The fraction of sp³-hybridized carbons (Fsp3) is 0.312. The molecule has 0 radical (unpaired) electrons. The summed E-state index contributed by atoms with van der Waals surface area (Å²) in [5, 5.41) is 0. The molecule has 0 aromatic heterocycles. The molecule has 0 saturated heterocycles. The van der Waals surface area contributed by atoms with E-state index in [1.54, 1.807) is 6.07 Å². The molecule has 1 aliphatic carbocycles. The molecule has 0 bridgehead atoms. The highest BCUT2D eigenvalue weighted by atomic mass is 19.1. The number of aryl methyl sites for hydroxylation is 2. The van der Waals surface area contributed by atoms with Gasteiger partial charge in [0.1, 0.15) is 5.82 Å². The van der Waals surface area contributed by atoms with Crippen molar-refractivity contribution in [3.8, 4) is 23.7 Å². The van der Waals surface area contributed by atoms with E-state index >= 15 is 0 Å². The Hall–Kier alpha value is -3.29. The van der Waals surface area contributed by atoms with Gasteiger partial charge in [-0.3, -0.25) is 0 Å². The zero-order chi connectivity index (χ0) is 23.2. The first-order valence-corrected chi connectivity index (χ1v) is 12.0. The molecule has 1 heteroatoms. The molecule has 0 N–H and O–H groups in total. The number of hydrogen-bond donors (Lipinski definition) is 0. The van der Waals surface area contributed by atoms with Crippen LogP contribution in [0.2, 0.25) is 0 Å². The second-order valence-electron chi connectivity index (χ2n) is 9.53. The van der Waals surface area contributed by atoms with Crippen LogP contribution in [0.4, 0.5) is 4.39 Å². The van der Waals surface area contributed by atoms with Crippen molar-refractivity contribution in [1.82, 2.24) is 0 Å². The van der Waals surface area contributed by atoms with Crippen LogP contribution in [0.15, 0.2) is 60.7 Å². The van der Waals surface area contributed by atoms with Crippen LogP contribution in [0.3, 0.4) is 0 Å². The summed E-state index contributed by atoms with van der Waals surface area (Å²) in [5.74, 6) is 13.6. The summed E-state index contributed by atoms with van der Waals surface area (Å²) in [6.07, 6.45) is 6.58. The lowest BCUT2D eigenvalue weighted by atomic mass is 9.79. The normalized spacial score (nSPS) is 17.5. The summed E-state index contributed by atoms with van der Waals surface area (Å²) in [6.45, 7) is 6.57. The molecule has 1 fully saturated rings. The van der Waals surface area contributed by atoms with Crippen molar-refractivity contribution >= 4 is 0 Å². The summed E-state index contributed by atoms with van der Waals surface area (Å²) >= 11 is 0. The molecule has 0 atom stereocenters. The van der Waals surface area contributed by atoms with Gasteiger partial charge in [0.05, 0.1) is 5.56 Å². The molecule has 0 unspecified atom stereocenters. The summed E-state index contributed by atoms with van der Waals surface area (Å²) in [4.78, 5) is 0. The minimum absolute atomic E-state index is 0.338. The molecule has 1 aliphatic rings. The fourth-order valence-electron chi connectivity index (χ4n) is 4.46. The smallest absolute Gasteiger partial charge is 0.140 e. The second kappa shape index (κ2) is 10.6. The largest absolute Gasteiger partial charge is 0.206 e. The van der Waals surface area contributed by atoms with Gasteiger partial charge in [0, 0.05) is 16.7 Å². The van der Waals surface area contributed by atoms with E-state index in [1.165, 1.54) is 54.9 Å². The maximum Gasteiger partial charge on any atom is 0.140 e. The lowest BCUT2D eigenvalue weighted by Gasteiger charge is -2.26. The van der Waals surface area contributed by atoms with E-state index in [0.29, 0.717) is 11.1 Å². The van der Waals surface area contributed by atoms with Crippen LogP contribution in [0.5, 0.6) is 0 Å². The van der Waals surface area contributed by atoms with Crippen LogP contribution in [0.1, 0.15) is 71.6 Å². The zero-order valence-corrected chi connectivity index (χ0v) is 19.8. The molecule has 0 nitrogen and oxygen atoms in total. The Morgan fingerprint density at radius 3 is 2.00 bits per heavy atom. The number of hydrogen-bond acceptors (Lipinski definition) is 0. The van der Waals surface area contributed by atoms with Crippen molar-refractivity contribution < 1.29 is 4.39 Å². The zero-order valence-electron chi connectivity index (χ0n) is 19.8. The Labute approximate surface area is 198 Å². The Morgan fingerprint density at radius 2 is 1.33 bits per heavy atom.